The number of carbonyl (C=O) groups is 4. The Labute approximate surface area is 581 Å². The van der Waals surface area contributed by atoms with Crippen molar-refractivity contribution >= 4 is 39.5 Å². The Morgan fingerprint density at radius 2 is 0.542 bits per heavy atom. The molecule has 0 fully saturated rings. The number of rotatable bonds is 69. The summed E-state index contributed by atoms with van der Waals surface area (Å²) in [5.41, 5.74) is 0. The summed E-state index contributed by atoms with van der Waals surface area (Å²) in [4.78, 5) is 72.7. The first kappa shape index (κ1) is 91.7. The molecule has 3 N–H and O–H groups in total. The van der Waals surface area contributed by atoms with Crippen molar-refractivity contribution in [2.75, 3.05) is 39.6 Å². The Bertz CT molecular complexity index is 2250. The van der Waals surface area contributed by atoms with E-state index in [2.05, 4.69) is 137 Å². The molecule has 0 bridgehead atoms. The lowest BCUT2D eigenvalue weighted by atomic mass is 10.1. The second-order valence-corrected chi connectivity index (χ2v) is 27.4. The molecule has 0 aromatic heterocycles. The molecule has 5 atom stereocenters. The van der Waals surface area contributed by atoms with Gasteiger partial charge in [-0.25, -0.2) is 9.13 Å². The minimum atomic E-state index is -4.98. The van der Waals surface area contributed by atoms with Gasteiger partial charge in [-0.3, -0.25) is 37.3 Å². The number of allylic oxidation sites excluding steroid dienone is 18. The van der Waals surface area contributed by atoms with Crippen LogP contribution in [0, 0.1) is 0 Å². The fourth-order valence-corrected chi connectivity index (χ4v) is 11.2. The molecule has 0 aliphatic carbocycles. The Balaban J connectivity index is 5.37. The summed E-state index contributed by atoms with van der Waals surface area (Å²) in [6.45, 7) is 4.54. The van der Waals surface area contributed by atoms with E-state index in [1.807, 2.05) is 0 Å². The number of aliphatic hydroxyl groups is 1. The first-order valence-electron chi connectivity index (χ1n) is 37.1. The lowest BCUT2D eigenvalue weighted by molar-refractivity contribution is -0.161. The van der Waals surface area contributed by atoms with Crippen LogP contribution in [0.1, 0.15) is 297 Å². The van der Waals surface area contributed by atoms with E-state index in [9.17, 15) is 43.2 Å². The van der Waals surface area contributed by atoms with Crippen LogP contribution in [0.5, 0.6) is 0 Å². The van der Waals surface area contributed by atoms with Crippen LogP contribution in [0.3, 0.4) is 0 Å². The Kier molecular flexibility index (Phi) is 66.1. The lowest BCUT2D eigenvalue weighted by Crippen LogP contribution is -2.30. The fraction of sp³-hybridized carbons (Fsp3) is 0.714. The number of ether oxygens (including phenoxy) is 4. The third-order valence-electron chi connectivity index (χ3n) is 15.2. The zero-order valence-electron chi connectivity index (χ0n) is 60.0. The van der Waals surface area contributed by atoms with Crippen molar-refractivity contribution in [2.24, 2.45) is 0 Å². The molecule has 5 unspecified atom stereocenters. The van der Waals surface area contributed by atoms with Gasteiger partial charge in [0.1, 0.15) is 19.3 Å². The molecule has 0 spiro atoms. The highest BCUT2D eigenvalue weighted by Crippen LogP contribution is 2.45. The number of hydrogen-bond donors (Lipinski definition) is 3. The maximum atomic E-state index is 13.1. The van der Waals surface area contributed by atoms with Crippen LogP contribution < -0.4 is 0 Å². The average molecular weight is 1390 g/mol. The van der Waals surface area contributed by atoms with Crippen LogP contribution in [0.25, 0.3) is 0 Å². The molecular weight excluding hydrogens is 1260 g/mol. The van der Waals surface area contributed by atoms with Crippen molar-refractivity contribution in [1.29, 1.82) is 0 Å². The van der Waals surface area contributed by atoms with E-state index in [1.165, 1.54) is 64.2 Å². The third-order valence-corrected chi connectivity index (χ3v) is 17.1. The van der Waals surface area contributed by atoms with E-state index in [4.69, 9.17) is 37.0 Å². The van der Waals surface area contributed by atoms with E-state index >= 15 is 0 Å². The van der Waals surface area contributed by atoms with Gasteiger partial charge in [-0.15, -0.1) is 0 Å². The highest BCUT2D eigenvalue weighted by molar-refractivity contribution is 7.47. The summed E-state index contributed by atoms with van der Waals surface area (Å²) in [6.07, 6.45) is 72.4. The predicted octanol–water partition coefficient (Wildman–Crippen LogP) is 21.0. The van der Waals surface area contributed by atoms with Crippen LogP contribution in [-0.4, -0.2) is 96.7 Å². The molecule has 0 aliphatic rings. The van der Waals surface area contributed by atoms with Crippen LogP contribution in [0.2, 0.25) is 0 Å². The maximum absolute atomic E-state index is 13.1. The molecular formula is C77H132O17P2. The van der Waals surface area contributed by atoms with Gasteiger partial charge in [-0.1, -0.05) is 253 Å². The summed E-state index contributed by atoms with van der Waals surface area (Å²) < 4.78 is 68.3. The van der Waals surface area contributed by atoms with Gasteiger partial charge in [0.2, 0.25) is 0 Å². The summed E-state index contributed by atoms with van der Waals surface area (Å²) in [7, 11) is -9.96. The van der Waals surface area contributed by atoms with Gasteiger partial charge < -0.3 is 33.8 Å². The van der Waals surface area contributed by atoms with E-state index in [1.54, 1.807) is 0 Å². The predicted molar refractivity (Wildman–Crippen MR) is 390 cm³/mol. The molecule has 19 heteroatoms. The van der Waals surface area contributed by atoms with Crippen molar-refractivity contribution in [3.63, 3.8) is 0 Å². The first-order chi connectivity index (χ1) is 46.7. The van der Waals surface area contributed by atoms with E-state index in [0.29, 0.717) is 25.7 Å². The number of unbranched alkanes of at least 4 members (excludes halogenated alkanes) is 25. The summed E-state index contributed by atoms with van der Waals surface area (Å²) >= 11 is 0. The molecule has 0 radical (unpaired) electrons. The first-order valence-corrected chi connectivity index (χ1v) is 40.1. The summed E-state index contributed by atoms with van der Waals surface area (Å²) in [5.74, 6) is -2.25. The Morgan fingerprint density at radius 3 is 0.875 bits per heavy atom. The maximum Gasteiger partial charge on any atom is 0.472 e. The van der Waals surface area contributed by atoms with Crippen LogP contribution in [0.15, 0.2) is 109 Å². The molecule has 0 aliphatic heterocycles. The second kappa shape index (κ2) is 69.2. The largest absolute Gasteiger partial charge is 0.472 e. The minimum absolute atomic E-state index is 0.0777. The van der Waals surface area contributed by atoms with Gasteiger partial charge in [0.15, 0.2) is 12.2 Å². The molecule has 0 aromatic carbocycles. The van der Waals surface area contributed by atoms with Gasteiger partial charge in [-0.2, -0.15) is 0 Å². The molecule has 0 saturated carbocycles. The standard InChI is InChI=1S/C77H132O17P2/c1-5-9-13-17-21-25-29-32-34-35-37-40-43-46-50-54-58-62-75(80)88-68-73(94-77(82)64-60-56-52-48-44-38-31-27-23-19-15-11-7-3)70-92-96(85,86)90-66-71(78)65-89-95(83,84)91-69-72(93-76(81)63-59-55-51-47-41-28-24-20-16-12-8-4)67-87-74(79)61-57-53-49-45-42-39-36-33-30-26-22-18-14-10-6-2/h9-10,13-14,21-22,25-27,31-34,36-37,40,42,45,71-73,78H,5-8,11-12,15-20,23-24,28-30,35,38-39,41,43-44,46-70H2,1-4H3,(H,83,84)(H,85,86)/b13-9-,14-10-,25-21-,26-22-,31-27-,34-32-,36-33-,40-37-,45-42-. The van der Waals surface area contributed by atoms with Crippen molar-refractivity contribution in [1.82, 2.24) is 0 Å². The monoisotopic (exact) mass is 1390 g/mol. The van der Waals surface area contributed by atoms with E-state index in [-0.39, 0.29) is 25.7 Å². The van der Waals surface area contributed by atoms with Crippen LogP contribution >= 0.6 is 15.6 Å². The summed E-state index contributed by atoms with van der Waals surface area (Å²) in [6, 6.07) is 0. The molecule has 0 aromatic rings. The lowest BCUT2D eigenvalue weighted by Gasteiger charge is -2.21. The van der Waals surface area contributed by atoms with Gasteiger partial charge in [0, 0.05) is 25.7 Å². The van der Waals surface area contributed by atoms with Crippen LogP contribution in [0.4, 0.5) is 0 Å². The zero-order valence-corrected chi connectivity index (χ0v) is 61.8. The van der Waals surface area contributed by atoms with Gasteiger partial charge >= 0.3 is 39.5 Å². The number of phosphoric ester groups is 2. The highest BCUT2D eigenvalue weighted by Gasteiger charge is 2.30. The molecule has 0 saturated heterocycles. The Morgan fingerprint density at radius 1 is 0.302 bits per heavy atom. The van der Waals surface area contributed by atoms with Crippen molar-refractivity contribution in [3.8, 4) is 0 Å². The number of phosphoric acid groups is 2. The van der Waals surface area contributed by atoms with Crippen molar-refractivity contribution in [3.05, 3.63) is 109 Å². The zero-order chi connectivity index (χ0) is 70.4. The average Bonchev–Trinajstić information content (AvgIpc) is 1.17. The van der Waals surface area contributed by atoms with E-state index < -0.39 is 97.5 Å². The topological polar surface area (TPSA) is 237 Å². The second-order valence-electron chi connectivity index (χ2n) is 24.5. The van der Waals surface area contributed by atoms with Crippen molar-refractivity contribution in [2.45, 2.75) is 316 Å². The van der Waals surface area contributed by atoms with Gasteiger partial charge in [0.25, 0.3) is 0 Å². The minimum Gasteiger partial charge on any atom is -0.462 e. The fourth-order valence-electron chi connectivity index (χ4n) is 9.61. The molecule has 0 rings (SSSR count). The molecule has 0 heterocycles. The van der Waals surface area contributed by atoms with E-state index in [0.717, 1.165) is 154 Å². The molecule has 0 amide bonds. The quantitative estimate of drug-likeness (QED) is 0.0169. The van der Waals surface area contributed by atoms with Crippen LogP contribution in [-0.2, 0) is 65.4 Å². The molecule has 96 heavy (non-hydrogen) atoms. The SMILES string of the molecule is CC/C=C\C/C=C\C/C=C\C/C=C\CCCCCCC(=O)OCC(COP(=O)(O)OCC(O)COP(=O)(O)OCC(COC(=O)CCCC/C=C\C/C=C\C/C=C\C/C=C\CC)OC(=O)CCCCCCCCCCCCC)OC(=O)CCCCCCC/C=C\CCCCCC. The Hall–Kier alpha value is -4.28. The number of hydrogen-bond acceptors (Lipinski definition) is 15. The number of carbonyl (C=O) groups excluding carboxylic acids is 4. The number of esters is 4. The van der Waals surface area contributed by atoms with Gasteiger partial charge in [-0.05, 0) is 128 Å². The molecule has 17 nitrogen and oxygen atoms in total. The molecule has 552 valence electrons. The normalized spacial score (nSPS) is 14.6. The van der Waals surface area contributed by atoms with Gasteiger partial charge in [0.05, 0.1) is 26.4 Å². The number of aliphatic hydroxyl groups excluding tert-OH is 1. The smallest absolute Gasteiger partial charge is 0.462 e. The third kappa shape index (κ3) is 68.3. The summed E-state index contributed by atoms with van der Waals surface area (Å²) in [5, 5.41) is 10.6. The highest BCUT2D eigenvalue weighted by atomic mass is 31.2. The van der Waals surface area contributed by atoms with Crippen molar-refractivity contribution < 1.29 is 80.2 Å².